The smallest absolute Gasteiger partial charge is 0.240 e. The van der Waals surface area contributed by atoms with Crippen LogP contribution in [0.1, 0.15) is 47.5 Å². The summed E-state index contributed by atoms with van der Waals surface area (Å²) in [5.74, 6) is 1.60. The first-order valence-electron chi connectivity index (χ1n) is 8.63. The van der Waals surface area contributed by atoms with E-state index in [2.05, 4.69) is 49.7 Å². The fourth-order valence-corrected chi connectivity index (χ4v) is 5.13. The van der Waals surface area contributed by atoms with Crippen LogP contribution >= 0.6 is 0 Å². The van der Waals surface area contributed by atoms with Gasteiger partial charge in [0.15, 0.2) is 0 Å². The number of fused-ring (bicyclic) bond motifs is 1. The van der Waals surface area contributed by atoms with E-state index in [1.54, 1.807) is 0 Å². The van der Waals surface area contributed by atoms with Gasteiger partial charge in [-0.2, -0.15) is 0 Å². The predicted octanol–water partition coefficient (Wildman–Crippen LogP) is 1.70. The lowest BCUT2D eigenvalue weighted by Crippen LogP contribution is -2.55. The molecule has 0 saturated carbocycles. The van der Waals surface area contributed by atoms with Crippen LogP contribution in [0.3, 0.4) is 0 Å². The molecule has 0 spiro atoms. The summed E-state index contributed by atoms with van der Waals surface area (Å²) in [7, 11) is 0. The largest absolute Gasteiger partial charge is 0.336 e. The minimum Gasteiger partial charge on any atom is -0.336 e. The fraction of sp³-hybridized carbons (Fsp3) is 0.941. The van der Waals surface area contributed by atoms with Crippen molar-refractivity contribution in [1.29, 1.82) is 0 Å². The van der Waals surface area contributed by atoms with Crippen LogP contribution in [0.15, 0.2) is 0 Å². The lowest BCUT2D eigenvalue weighted by molar-refractivity contribution is -0.141. The average Bonchev–Trinajstić information content (AvgIpc) is 3.06. The number of rotatable bonds is 2. The van der Waals surface area contributed by atoms with E-state index < -0.39 is 0 Å². The van der Waals surface area contributed by atoms with Gasteiger partial charge in [0.25, 0.3) is 0 Å². The molecule has 3 aliphatic heterocycles. The third kappa shape index (κ3) is 2.31. The molecule has 0 radical (unpaired) electrons. The van der Waals surface area contributed by atoms with Crippen molar-refractivity contribution < 1.29 is 4.79 Å². The molecule has 5 unspecified atom stereocenters. The van der Waals surface area contributed by atoms with Crippen LogP contribution in [0, 0.1) is 11.8 Å². The number of carbonyl (C=O) groups is 1. The number of hydrogen-bond donors (Lipinski definition) is 1. The Hall–Kier alpha value is -0.610. The molecular weight excluding hydrogens is 262 g/mol. The second-order valence-electron chi connectivity index (χ2n) is 8.03. The number of carbonyl (C=O) groups excluding carboxylic acids is 1. The van der Waals surface area contributed by atoms with Gasteiger partial charge < -0.3 is 10.2 Å². The quantitative estimate of drug-likeness (QED) is 0.842. The van der Waals surface area contributed by atoms with Gasteiger partial charge in [-0.3, -0.25) is 9.69 Å². The summed E-state index contributed by atoms with van der Waals surface area (Å²) < 4.78 is 0. The second-order valence-corrected chi connectivity index (χ2v) is 8.03. The zero-order valence-corrected chi connectivity index (χ0v) is 14.2. The van der Waals surface area contributed by atoms with Crippen molar-refractivity contribution in [2.75, 3.05) is 19.6 Å². The molecule has 0 aliphatic carbocycles. The van der Waals surface area contributed by atoms with Crippen LogP contribution in [-0.2, 0) is 4.79 Å². The van der Waals surface area contributed by atoms with Gasteiger partial charge >= 0.3 is 0 Å². The highest BCUT2D eigenvalue weighted by Crippen LogP contribution is 2.41. The van der Waals surface area contributed by atoms with Crippen molar-refractivity contribution in [2.24, 2.45) is 11.8 Å². The van der Waals surface area contributed by atoms with Crippen LogP contribution in [0.2, 0.25) is 0 Å². The summed E-state index contributed by atoms with van der Waals surface area (Å²) in [5.41, 5.74) is -0.00822. The molecule has 3 aliphatic rings. The Morgan fingerprint density at radius 3 is 2.38 bits per heavy atom. The minimum absolute atomic E-state index is 0.00822. The maximum absolute atomic E-state index is 13.1. The van der Waals surface area contributed by atoms with Crippen molar-refractivity contribution >= 4 is 5.91 Å². The summed E-state index contributed by atoms with van der Waals surface area (Å²) in [6, 6.07) is 1.08. The Balaban J connectivity index is 1.76. The molecule has 120 valence electrons. The maximum atomic E-state index is 13.1. The molecule has 1 amide bonds. The van der Waals surface area contributed by atoms with E-state index in [1.165, 1.54) is 12.8 Å². The molecule has 3 heterocycles. The summed E-state index contributed by atoms with van der Waals surface area (Å²) in [4.78, 5) is 17.8. The lowest BCUT2D eigenvalue weighted by atomic mass is 9.84. The lowest BCUT2D eigenvalue weighted by Gasteiger charge is -2.40. The molecule has 0 bridgehead atoms. The highest BCUT2D eigenvalue weighted by Gasteiger charge is 2.52. The monoisotopic (exact) mass is 293 g/mol. The second kappa shape index (κ2) is 5.24. The van der Waals surface area contributed by atoms with Crippen LogP contribution in [0.4, 0.5) is 0 Å². The number of likely N-dealkylation sites (tertiary alicyclic amines) is 2. The van der Waals surface area contributed by atoms with Crippen LogP contribution < -0.4 is 5.32 Å². The first kappa shape index (κ1) is 15.3. The molecule has 5 atom stereocenters. The van der Waals surface area contributed by atoms with Crippen LogP contribution in [0.25, 0.3) is 0 Å². The zero-order chi connectivity index (χ0) is 15.4. The van der Waals surface area contributed by atoms with Gasteiger partial charge in [0, 0.05) is 37.3 Å². The molecule has 21 heavy (non-hydrogen) atoms. The Bertz CT molecular complexity index is 412. The minimum atomic E-state index is -0.00822. The zero-order valence-electron chi connectivity index (χ0n) is 14.2. The molecular formula is C17H31N3O. The van der Waals surface area contributed by atoms with Crippen LogP contribution in [-0.4, -0.2) is 59.0 Å². The van der Waals surface area contributed by atoms with Gasteiger partial charge in [-0.15, -0.1) is 0 Å². The van der Waals surface area contributed by atoms with Crippen molar-refractivity contribution in [3.05, 3.63) is 0 Å². The van der Waals surface area contributed by atoms with E-state index in [9.17, 15) is 4.79 Å². The van der Waals surface area contributed by atoms with Crippen molar-refractivity contribution in [1.82, 2.24) is 15.1 Å². The van der Waals surface area contributed by atoms with Gasteiger partial charge in [0.1, 0.15) is 0 Å². The van der Waals surface area contributed by atoms with Gasteiger partial charge in [0.05, 0.1) is 6.04 Å². The van der Waals surface area contributed by atoms with Gasteiger partial charge in [-0.25, -0.2) is 0 Å². The number of nitrogens with zero attached hydrogens (tertiary/aromatic N) is 2. The number of nitrogens with one attached hydrogen (secondary N) is 1. The molecule has 1 N–H and O–H groups in total. The van der Waals surface area contributed by atoms with E-state index in [0.29, 0.717) is 29.8 Å². The normalized spacial score (nSPS) is 40.5. The maximum Gasteiger partial charge on any atom is 0.240 e. The Morgan fingerprint density at radius 1 is 1.19 bits per heavy atom. The standard InChI is InChI=1S/C17H31N3O/c1-11-6-7-12(2)20(11)13(3)16(21)19-10-14-8-18-9-15(14)17(19,4)5/h11-15,18H,6-10H2,1-5H3. The topological polar surface area (TPSA) is 35.6 Å². The van der Waals surface area contributed by atoms with E-state index in [0.717, 1.165) is 19.6 Å². The molecule has 3 saturated heterocycles. The number of amides is 1. The van der Waals surface area contributed by atoms with Gasteiger partial charge in [-0.05, 0) is 59.3 Å². The Labute approximate surface area is 129 Å². The van der Waals surface area contributed by atoms with E-state index in [4.69, 9.17) is 0 Å². The highest BCUT2D eigenvalue weighted by atomic mass is 16.2. The SMILES string of the molecule is CC1CCC(C)N1C(C)C(=O)N1CC2CNCC2C1(C)C. The molecule has 3 rings (SSSR count). The third-order valence-corrected chi connectivity index (χ3v) is 6.45. The summed E-state index contributed by atoms with van der Waals surface area (Å²) >= 11 is 0. The average molecular weight is 293 g/mol. The predicted molar refractivity (Wildman–Crippen MR) is 85.1 cm³/mol. The molecule has 4 nitrogen and oxygen atoms in total. The third-order valence-electron chi connectivity index (χ3n) is 6.45. The molecule has 0 aromatic heterocycles. The van der Waals surface area contributed by atoms with Crippen molar-refractivity contribution in [3.8, 4) is 0 Å². The van der Waals surface area contributed by atoms with Gasteiger partial charge in [-0.1, -0.05) is 0 Å². The fourth-order valence-electron chi connectivity index (χ4n) is 5.13. The van der Waals surface area contributed by atoms with Crippen LogP contribution in [0.5, 0.6) is 0 Å². The number of hydrogen-bond acceptors (Lipinski definition) is 3. The Kier molecular flexibility index (Phi) is 3.81. The van der Waals surface area contributed by atoms with E-state index in [-0.39, 0.29) is 11.6 Å². The van der Waals surface area contributed by atoms with Crippen molar-refractivity contribution in [3.63, 3.8) is 0 Å². The van der Waals surface area contributed by atoms with E-state index in [1.807, 2.05) is 0 Å². The van der Waals surface area contributed by atoms with E-state index >= 15 is 0 Å². The first-order chi connectivity index (χ1) is 9.84. The summed E-state index contributed by atoms with van der Waals surface area (Å²) in [5, 5.41) is 3.49. The first-order valence-corrected chi connectivity index (χ1v) is 8.63. The molecule has 4 heteroatoms. The molecule has 0 aromatic rings. The molecule has 3 fully saturated rings. The Morgan fingerprint density at radius 2 is 1.81 bits per heavy atom. The molecule has 0 aromatic carbocycles. The van der Waals surface area contributed by atoms with Gasteiger partial charge in [0.2, 0.25) is 5.91 Å². The summed E-state index contributed by atoms with van der Waals surface area (Å²) in [6.45, 7) is 14.2. The summed E-state index contributed by atoms with van der Waals surface area (Å²) in [6.07, 6.45) is 2.44. The highest BCUT2D eigenvalue weighted by molar-refractivity contribution is 5.82. The van der Waals surface area contributed by atoms with Crippen molar-refractivity contribution in [2.45, 2.75) is 71.1 Å².